The summed E-state index contributed by atoms with van der Waals surface area (Å²) in [6, 6.07) is 9.34. The minimum Gasteiger partial charge on any atom is -0.370 e. The number of carbonyl (C=O) groups is 2. The van der Waals surface area contributed by atoms with Gasteiger partial charge in [0.05, 0.1) is 6.54 Å². The fourth-order valence-electron chi connectivity index (χ4n) is 3.14. The molecule has 1 N–H and O–H groups in total. The number of sulfone groups is 1. The maximum atomic E-state index is 12.9. The van der Waals surface area contributed by atoms with Crippen molar-refractivity contribution in [1.82, 2.24) is 9.80 Å². The number of piperidine rings is 1. The number of para-hydroxylation sites is 1. The van der Waals surface area contributed by atoms with E-state index in [4.69, 9.17) is 0 Å². The lowest BCUT2D eigenvalue weighted by molar-refractivity contribution is -0.138. The molecule has 2 rings (SSSR count). The van der Waals surface area contributed by atoms with Crippen LogP contribution in [0, 0.1) is 0 Å². The number of anilines is 1. The molecule has 1 aromatic rings. The third-order valence-electron chi connectivity index (χ3n) is 4.20. The van der Waals surface area contributed by atoms with Crippen molar-refractivity contribution in [1.29, 1.82) is 0 Å². The van der Waals surface area contributed by atoms with E-state index in [9.17, 15) is 18.0 Å². The standard InChI is InChI=1S/C17H25N3O4S/c1-19(2)16(22)17(18-14-8-5-4-6-9-14)10-7-11-20(13-17)15(21)12-25(3,23)24/h4-6,8-9,18H,7,10-13H2,1-3H3. The summed E-state index contributed by atoms with van der Waals surface area (Å²) < 4.78 is 22.9. The lowest BCUT2D eigenvalue weighted by atomic mass is 9.87. The normalized spacial score (nSPS) is 20.8. The Kier molecular flexibility index (Phi) is 5.72. The molecule has 1 aliphatic rings. The number of nitrogens with one attached hydrogen (secondary N) is 1. The summed E-state index contributed by atoms with van der Waals surface area (Å²) in [5.74, 6) is -1.13. The maximum absolute atomic E-state index is 12.9. The third kappa shape index (κ3) is 4.94. The molecule has 1 heterocycles. The molecule has 2 amide bonds. The molecule has 0 spiro atoms. The van der Waals surface area contributed by atoms with Crippen molar-refractivity contribution in [3.8, 4) is 0 Å². The highest BCUT2D eigenvalue weighted by Crippen LogP contribution is 2.28. The van der Waals surface area contributed by atoms with Gasteiger partial charge in [0.15, 0.2) is 9.84 Å². The van der Waals surface area contributed by atoms with E-state index in [1.54, 1.807) is 14.1 Å². The molecular formula is C17H25N3O4S. The van der Waals surface area contributed by atoms with Crippen LogP contribution in [-0.2, 0) is 19.4 Å². The molecule has 1 fully saturated rings. The van der Waals surface area contributed by atoms with Gasteiger partial charge in [-0.1, -0.05) is 18.2 Å². The molecule has 1 saturated heterocycles. The molecule has 0 saturated carbocycles. The first-order chi connectivity index (χ1) is 11.6. The van der Waals surface area contributed by atoms with Gasteiger partial charge in [-0.25, -0.2) is 8.42 Å². The Morgan fingerprint density at radius 1 is 1.24 bits per heavy atom. The second-order valence-corrected chi connectivity index (χ2v) is 8.90. The number of nitrogens with zero attached hydrogens (tertiary/aromatic N) is 2. The number of amides is 2. The van der Waals surface area contributed by atoms with Crippen molar-refractivity contribution in [2.45, 2.75) is 18.4 Å². The lowest BCUT2D eigenvalue weighted by Gasteiger charge is -2.43. The monoisotopic (exact) mass is 367 g/mol. The number of rotatable bonds is 5. The first kappa shape index (κ1) is 19.2. The van der Waals surface area contributed by atoms with Crippen molar-refractivity contribution in [2.75, 3.05) is 44.5 Å². The summed E-state index contributed by atoms with van der Waals surface area (Å²) in [6.45, 7) is 0.598. The van der Waals surface area contributed by atoms with Crippen LogP contribution in [0.2, 0.25) is 0 Å². The van der Waals surface area contributed by atoms with E-state index in [0.717, 1.165) is 11.9 Å². The van der Waals surface area contributed by atoms with Crippen LogP contribution in [0.4, 0.5) is 5.69 Å². The van der Waals surface area contributed by atoms with Crippen molar-refractivity contribution in [2.24, 2.45) is 0 Å². The van der Waals surface area contributed by atoms with Gasteiger partial charge in [-0.15, -0.1) is 0 Å². The minimum absolute atomic E-state index is 0.131. The molecule has 1 aliphatic heterocycles. The maximum Gasteiger partial charge on any atom is 0.249 e. The van der Waals surface area contributed by atoms with Crippen molar-refractivity contribution in [3.63, 3.8) is 0 Å². The van der Waals surface area contributed by atoms with Gasteiger partial charge in [-0.2, -0.15) is 0 Å². The van der Waals surface area contributed by atoms with Gasteiger partial charge in [-0.05, 0) is 25.0 Å². The van der Waals surface area contributed by atoms with Gasteiger partial charge in [0.2, 0.25) is 11.8 Å². The number of carbonyl (C=O) groups excluding carboxylic acids is 2. The molecule has 138 valence electrons. The predicted octanol–water partition coefficient (Wildman–Crippen LogP) is 0.593. The zero-order chi connectivity index (χ0) is 18.7. The molecule has 8 heteroatoms. The molecule has 25 heavy (non-hydrogen) atoms. The summed E-state index contributed by atoms with van der Waals surface area (Å²) in [5.41, 5.74) is -0.175. The summed E-state index contributed by atoms with van der Waals surface area (Å²) in [7, 11) is -0.0631. The van der Waals surface area contributed by atoms with E-state index in [2.05, 4.69) is 5.32 Å². The van der Waals surface area contributed by atoms with E-state index >= 15 is 0 Å². The fraction of sp³-hybridized carbons (Fsp3) is 0.529. The fourth-order valence-corrected chi connectivity index (χ4v) is 3.77. The molecule has 7 nitrogen and oxygen atoms in total. The van der Waals surface area contributed by atoms with E-state index in [-0.39, 0.29) is 12.5 Å². The zero-order valence-corrected chi connectivity index (χ0v) is 15.7. The SMILES string of the molecule is CN(C)C(=O)C1(Nc2ccccc2)CCCN(C(=O)CS(C)(=O)=O)C1. The summed E-state index contributed by atoms with van der Waals surface area (Å²) in [5, 5.41) is 3.29. The van der Waals surface area contributed by atoms with Crippen LogP contribution in [0.3, 0.4) is 0 Å². The van der Waals surface area contributed by atoms with Crippen LogP contribution < -0.4 is 5.32 Å². The predicted molar refractivity (Wildman–Crippen MR) is 97.0 cm³/mol. The number of hydrogen-bond donors (Lipinski definition) is 1. The Hall–Kier alpha value is -2.09. The van der Waals surface area contributed by atoms with Gasteiger partial charge in [-0.3, -0.25) is 9.59 Å². The Bertz CT molecular complexity index is 734. The number of benzene rings is 1. The average molecular weight is 367 g/mol. The Balaban J connectivity index is 2.28. The molecule has 1 aromatic carbocycles. The van der Waals surface area contributed by atoms with Gasteiger partial charge in [0.1, 0.15) is 11.3 Å². The van der Waals surface area contributed by atoms with Gasteiger partial charge < -0.3 is 15.1 Å². The van der Waals surface area contributed by atoms with Crippen LogP contribution in [0.25, 0.3) is 0 Å². The second kappa shape index (κ2) is 7.43. The summed E-state index contributed by atoms with van der Waals surface area (Å²) in [4.78, 5) is 28.2. The molecule has 1 unspecified atom stereocenters. The number of likely N-dealkylation sites (N-methyl/N-ethyl adjacent to an activating group) is 1. The number of likely N-dealkylation sites (tertiary alicyclic amines) is 1. The molecule has 0 aliphatic carbocycles. The first-order valence-electron chi connectivity index (χ1n) is 8.13. The molecule has 1 atom stereocenters. The van der Waals surface area contributed by atoms with Crippen LogP contribution in [0.5, 0.6) is 0 Å². The van der Waals surface area contributed by atoms with Gasteiger partial charge >= 0.3 is 0 Å². The average Bonchev–Trinajstić information content (AvgIpc) is 2.53. The Morgan fingerprint density at radius 3 is 2.44 bits per heavy atom. The van der Waals surface area contributed by atoms with Crippen molar-refractivity contribution < 1.29 is 18.0 Å². The zero-order valence-electron chi connectivity index (χ0n) is 14.9. The van der Waals surface area contributed by atoms with Gasteiger partial charge in [0, 0.05) is 32.6 Å². The van der Waals surface area contributed by atoms with E-state index in [1.807, 2.05) is 30.3 Å². The van der Waals surface area contributed by atoms with E-state index < -0.39 is 27.0 Å². The first-order valence-corrected chi connectivity index (χ1v) is 10.2. The number of hydrogen-bond acceptors (Lipinski definition) is 5. The minimum atomic E-state index is -3.41. The largest absolute Gasteiger partial charge is 0.370 e. The second-order valence-electron chi connectivity index (χ2n) is 6.76. The molecular weight excluding hydrogens is 342 g/mol. The van der Waals surface area contributed by atoms with Crippen molar-refractivity contribution >= 4 is 27.3 Å². The van der Waals surface area contributed by atoms with E-state index in [1.165, 1.54) is 9.80 Å². The molecule has 0 aromatic heterocycles. The smallest absolute Gasteiger partial charge is 0.249 e. The summed E-state index contributed by atoms with van der Waals surface area (Å²) in [6.07, 6.45) is 2.23. The highest BCUT2D eigenvalue weighted by atomic mass is 32.2. The van der Waals surface area contributed by atoms with Gasteiger partial charge in [0.25, 0.3) is 0 Å². The lowest BCUT2D eigenvalue weighted by Crippen LogP contribution is -2.62. The highest BCUT2D eigenvalue weighted by Gasteiger charge is 2.44. The van der Waals surface area contributed by atoms with Crippen LogP contribution in [-0.4, -0.2) is 74.8 Å². The molecule has 0 bridgehead atoms. The Labute approximate surface area is 148 Å². The topological polar surface area (TPSA) is 86.8 Å². The van der Waals surface area contributed by atoms with Crippen molar-refractivity contribution in [3.05, 3.63) is 30.3 Å². The quantitative estimate of drug-likeness (QED) is 0.823. The highest BCUT2D eigenvalue weighted by molar-refractivity contribution is 7.91. The van der Waals surface area contributed by atoms with Crippen LogP contribution in [0.1, 0.15) is 12.8 Å². The van der Waals surface area contributed by atoms with Crippen LogP contribution in [0.15, 0.2) is 30.3 Å². The molecule has 0 radical (unpaired) electrons. The van der Waals surface area contributed by atoms with Crippen LogP contribution >= 0.6 is 0 Å². The third-order valence-corrected chi connectivity index (χ3v) is 4.98. The summed E-state index contributed by atoms with van der Waals surface area (Å²) >= 11 is 0. The Morgan fingerprint density at radius 2 is 1.88 bits per heavy atom. The van der Waals surface area contributed by atoms with E-state index in [0.29, 0.717) is 19.4 Å².